The van der Waals surface area contributed by atoms with Crippen molar-refractivity contribution >= 4 is 5.97 Å². The SMILES string of the molecule is [C-]#[N+]C(C)(C)C[C@H]1C[C@@H](C)[C@@H]2CC[C@@H](C)[C@]3([N+]#[C-])CC[C@H](OC(=O)[C@@](OC)(c4ccccc4)C(F)(F)F)[C@H]1[C@@H]23. The van der Waals surface area contributed by atoms with E-state index in [1.54, 1.807) is 6.07 Å². The number of hydrogen-bond acceptors (Lipinski definition) is 3. The van der Waals surface area contributed by atoms with Crippen molar-refractivity contribution in [3.63, 3.8) is 0 Å². The zero-order chi connectivity index (χ0) is 28.8. The predicted molar refractivity (Wildman–Crippen MR) is 141 cm³/mol. The molecule has 4 rings (SSSR count). The molecular formula is C31H39F3N2O3. The normalized spacial score (nSPS) is 36.0. The third-order valence-electron chi connectivity index (χ3n) is 10.2. The molecule has 0 saturated heterocycles. The van der Waals surface area contributed by atoms with Crippen molar-refractivity contribution in [2.75, 3.05) is 7.11 Å². The van der Waals surface area contributed by atoms with E-state index in [0.29, 0.717) is 25.2 Å². The number of methoxy groups -OCH3 is 1. The van der Waals surface area contributed by atoms with E-state index in [2.05, 4.69) is 23.5 Å². The van der Waals surface area contributed by atoms with Crippen LogP contribution in [0, 0.1) is 48.7 Å². The van der Waals surface area contributed by atoms with Crippen LogP contribution in [0.15, 0.2) is 30.3 Å². The largest absolute Gasteiger partial charge is 0.459 e. The average molecular weight is 545 g/mol. The van der Waals surface area contributed by atoms with Gasteiger partial charge in [0.05, 0.1) is 0 Å². The molecule has 9 atom stereocenters. The number of hydrogen-bond donors (Lipinski definition) is 0. The minimum Gasteiger partial charge on any atom is -0.459 e. The summed E-state index contributed by atoms with van der Waals surface area (Å²) < 4.78 is 54.9. The minimum atomic E-state index is -5.05. The summed E-state index contributed by atoms with van der Waals surface area (Å²) in [6, 6.07) is 6.91. The molecule has 1 aromatic carbocycles. The number of carbonyl (C=O) groups is 1. The first kappa shape index (κ1) is 29.4. The van der Waals surface area contributed by atoms with Crippen molar-refractivity contribution in [3.8, 4) is 0 Å². The monoisotopic (exact) mass is 544 g/mol. The number of nitrogens with zero attached hydrogens (tertiary/aromatic N) is 2. The summed E-state index contributed by atoms with van der Waals surface area (Å²) in [6.45, 7) is 24.1. The first-order valence-electron chi connectivity index (χ1n) is 13.9. The van der Waals surface area contributed by atoms with Gasteiger partial charge in [0.25, 0.3) is 5.60 Å². The molecule has 3 aliphatic carbocycles. The molecule has 3 saturated carbocycles. The maximum Gasteiger partial charge on any atom is 0.432 e. The van der Waals surface area contributed by atoms with Gasteiger partial charge in [-0.1, -0.05) is 44.2 Å². The van der Waals surface area contributed by atoms with Crippen molar-refractivity contribution in [3.05, 3.63) is 58.7 Å². The van der Waals surface area contributed by atoms with Crippen molar-refractivity contribution in [1.82, 2.24) is 0 Å². The fraction of sp³-hybridized carbons (Fsp3) is 0.710. The molecule has 0 unspecified atom stereocenters. The standard InChI is InChI=1S/C31H39F3N2O3/c1-19-17-21(18-28(3,4)35-5)25-24(15-16-29(36-6)20(2)13-14-23(19)26(25)29)39-27(37)30(38-7,31(32,33)34)22-11-9-8-10-12-22/h8-12,19-21,23-26H,13-18H2,1-4,7H3/t19-,20-,21-,23+,24+,25+,26-,29-,30+/m1/s1. The number of ether oxygens (including phenoxy) is 2. The zero-order valence-corrected chi connectivity index (χ0v) is 23.4. The summed E-state index contributed by atoms with van der Waals surface area (Å²) in [7, 11) is 0.884. The van der Waals surface area contributed by atoms with Crippen LogP contribution in [0.3, 0.4) is 0 Å². The molecule has 3 aliphatic rings. The molecule has 0 N–H and O–H groups in total. The van der Waals surface area contributed by atoms with E-state index in [9.17, 15) is 18.0 Å². The quantitative estimate of drug-likeness (QED) is 0.276. The molecule has 0 bridgehead atoms. The topological polar surface area (TPSA) is 44.2 Å². The Bertz CT molecular complexity index is 1140. The Morgan fingerprint density at radius 2 is 1.77 bits per heavy atom. The van der Waals surface area contributed by atoms with Crippen molar-refractivity contribution < 1.29 is 27.4 Å². The Labute approximate surface area is 230 Å². The van der Waals surface area contributed by atoms with E-state index in [1.807, 2.05) is 13.8 Å². The van der Waals surface area contributed by atoms with Gasteiger partial charge in [-0.05, 0) is 43.4 Å². The van der Waals surface area contributed by atoms with Gasteiger partial charge in [0, 0.05) is 57.1 Å². The van der Waals surface area contributed by atoms with Gasteiger partial charge in [-0.25, -0.2) is 17.9 Å². The number of rotatable bonds is 6. The van der Waals surface area contributed by atoms with Crippen LogP contribution in [0.2, 0.25) is 0 Å². The first-order valence-corrected chi connectivity index (χ1v) is 13.9. The minimum absolute atomic E-state index is 0.0468. The van der Waals surface area contributed by atoms with Gasteiger partial charge in [0.2, 0.25) is 11.1 Å². The average Bonchev–Trinajstić information content (AvgIpc) is 2.88. The summed E-state index contributed by atoms with van der Waals surface area (Å²) in [5.41, 5.74) is -4.89. The Kier molecular flexibility index (Phi) is 7.87. The Hall–Kier alpha value is -2.58. The predicted octanol–water partition coefficient (Wildman–Crippen LogP) is 7.48. The highest BCUT2D eigenvalue weighted by Crippen LogP contribution is 2.62. The molecule has 0 spiro atoms. The second-order valence-corrected chi connectivity index (χ2v) is 12.7. The summed E-state index contributed by atoms with van der Waals surface area (Å²) in [5, 5.41) is 0. The Morgan fingerprint density at radius 1 is 1.10 bits per heavy atom. The van der Waals surface area contributed by atoms with E-state index in [-0.39, 0.29) is 35.2 Å². The number of carbonyl (C=O) groups excluding carboxylic acids is 1. The fourth-order valence-corrected chi connectivity index (χ4v) is 8.34. The van der Waals surface area contributed by atoms with Gasteiger partial charge < -0.3 is 19.2 Å². The highest BCUT2D eigenvalue weighted by Gasteiger charge is 2.69. The van der Waals surface area contributed by atoms with Crippen molar-refractivity contribution in [2.24, 2.45) is 35.5 Å². The highest BCUT2D eigenvalue weighted by atomic mass is 19.4. The molecule has 0 radical (unpaired) electrons. The second kappa shape index (κ2) is 10.4. The van der Waals surface area contributed by atoms with Gasteiger partial charge in [0.15, 0.2) is 0 Å². The van der Waals surface area contributed by atoms with Crippen LogP contribution in [0.1, 0.15) is 71.8 Å². The lowest BCUT2D eigenvalue weighted by molar-refractivity contribution is -0.281. The number of benzene rings is 1. The molecule has 0 heterocycles. The first-order chi connectivity index (χ1) is 18.3. The molecule has 212 valence electrons. The Balaban J connectivity index is 1.79. The maximum absolute atomic E-state index is 14.7. The Morgan fingerprint density at radius 3 is 2.33 bits per heavy atom. The van der Waals surface area contributed by atoms with Crippen LogP contribution < -0.4 is 0 Å². The van der Waals surface area contributed by atoms with E-state index in [0.717, 1.165) is 26.4 Å². The zero-order valence-electron chi connectivity index (χ0n) is 23.4. The van der Waals surface area contributed by atoms with Crippen LogP contribution in [-0.4, -0.2) is 36.4 Å². The van der Waals surface area contributed by atoms with Crippen LogP contribution in [-0.2, 0) is 19.9 Å². The van der Waals surface area contributed by atoms with Gasteiger partial charge in [-0.2, -0.15) is 13.2 Å². The summed E-state index contributed by atoms with van der Waals surface area (Å²) in [5.74, 6) is -1.20. The van der Waals surface area contributed by atoms with Crippen LogP contribution in [0.5, 0.6) is 0 Å². The molecule has 1 aromatic rings. The molecule has 5 nitrogen and oxygen atoms in total. The number of esters is 1. The summed E-state index contributed by atoms with van der Waals surface area (Å²) >= 11 is 0. The fourth-order valence-electron chi connectivity index (χ4n) is 8.34. The van der Waals surface area contributed by atoms with E-state index < -0.39 is 34.9 Å². The molecule has 8 heteroatoms. The highest BCUT2D eigenvalue weighted by molar-refractivity contribution is 5.83. The summed E-state index contributed by atoms with van der Waals surface area (Å²) in [6.07, 6.45) is -1.80. The lowest BCUT2D eigenvalue weighted by Gasteiger charge is -2.58. The molecule has 3 fully saturated rings. The van der Waals surface area contributed by atoms with Gasteiger partial charge >= 0.3 is 12.1 Å². The summed E-state index contributed by atoms with van der Waals surface area (Å²) in [4.78, 5) is 21.8. The van der Waals surface area contributed by atoms with Crippen molar-refractivity contribution in [1.29, 1.82) is 0 Å². The second-order valence-electron chi connectivity index (χ2n) is 12.7. The number of halogens is 3. The molecular weight excluding hydrogens is 505 g/mol. The van der Waals surface area contributed by atoms with Crippen LogP contribution >= 0.6 is 0 Å². The molecule has 0 aliphatic heterocycles. The third kappa shape index (κ3) is 4.73. The lowest BCUT2D eigenvalue weighted by atomic mass is 9.45. The van der Waals surface area contributed by atoms with Gasteiger partial charge in [-0.3, -0.25) is 0 Å². The van der Waals surface area contributed by atoms with Gasteiger partial charge in [-0.15, -0.1) is 0 Å². The third-order valence-corrected chi connectivity index (χ3v) is 10.2. The van der Waals surface area contributed by atoms with E-state index in [1.165, 1.54) is 24.3 Å². The molecule has 0 amide bonds. The maximum atomic E-state index is 14.7. The van der Waals surface area contributed by atoms with Crippen LogP contribution in [0.25, 0.3) is 9.69 Å². The van der Waals surface area contributed by atoms with Crippen LogP contribution in [0.4, 0.5) is 13.2 Å². The van der Waals surface area contributed by atoms with Crippen molar-refractivity contribution in [2.45, 2.75) is 95.2 Å². The molecule has 39 heavy (non-hydrogen) atoms. The number of alkyl halides is 3. The smallest absolute Gasteiger partial charge is 0.432 e. The lowest BCUT2D eigenvalue weighted by Crippen LogP contribution is -2.63. The van der Waals surface area contributed by atoms with Gasteiger partial charge in [0.1, 0.15) is 6.10 Å². The van der Waals surface area contributed by atoms with E-state index >= 15 is 0 Å². The molecule has 0 aromatic heterocycles. The van der Waals surface area contributed by atoms with E-state index in [4.69, 9.17) is 22.6 Å².